The van der Waals surface area contributed by atoms with Gasteiger partial charge in [-0.1, -0.05) is 103 Å². The van der Waals surface area contributed by atoms with Gasteiger partial charge >= 0.3 is 0 Å². The van der Waals surface area contributed by atoms with Crippen molar-refractivity contribution >= 4 is 33.8 Å². The smallest absolute Gasteiger partial charge is 0.171 e. The van der Waals surface area contributed by atoms with Gasteiger partial charge in [-0.2, -0.15) is 0 Å². The predicted octanol–water partition coefficient (Wildman–Crippen LogP) is 4.48. The van der Waals surface area contributed by atoms with Gasteiger partial charge in [-0.3, -0.25) is 0 Å². The lowest BCUT2D eigenvalue weighted by Crippen LogP contribution is -2.25. The van der Waals surface area contributed by atoms with Gasteiger partial charge in [0.05, 0.1) is 0 Å². The monoisotopic (exact) mass is 328 g/mol. The van der Waals surface area contributed by atoms with E-state index in [9.17, 15) is 4.57 Å². The van der Waals surface area contributed by atoms with E-state index in [-0.39, 0.29) is 0 Å². The minimum atomic E-state index is -2.92. The Labute approximate surface area is 142 Å². The summed E-state index contributed by atoms with van der Waals surface area (Å²) in [6, 6.07) is 33.8. The van der Waals surface area contributed by atoms with Gasteiger partial charge < -0.3 is 4.57 Å². The van der Waals surface area contributed by atoms with Crippen molar-refractivity contribution in [1.29, 1.82) is 0 Å². The summed E-state index contributed by atoms with van der Waals surface area (Å²) in [5.74, 6) is 0. The Morgan fingerprint density at radius 2 is 1.00 bits per heavy atom. The molecule has 0 amide bonds. The minimum absolute atomic E-state index is 0.868. The van der Waals surface area contributed by atoms with Crippen molar-refractivity contribution in [2.24, 2.45) is 0 Å². The summed E-state index contributed by atoms with van der Waals surface area (Å²) in [6.45, 7) is 0. The third kappa shape index (κ3) is 2.38. The fourth-order valence-corrected chi connectivity index (χ4v) is 6.06. The summed E-state index contributed by atoms with van der Waals surface area (Å²) >= 11 is 0. The summed E-state index contributed by atoms with van der Waals surface area (Å²) in [4.78, 5) is 0. The molecular weight excluding hydrogens is 311 g/mol. The maximum absolute atomic E-state index is 14.4. The van der Waals surface area contributed by atoms with Crippen LogP contribution in [0.5, 0.6) is 0 Å². The van der Waals surface area contributed by atoms with Crippen LogP contribution in [0.4, 0.5) is 0 Å². The van der Waals surface area contributed by atoms with Gasteiger partial charge in [0.25, 0.3) is 0 Å². The molecule has 0 fully saturated rings. The molecule has 0 aliphatic heterocycles. The molecule has 0 saturated heterocycles. The highest BCUT2D eigenvalue weighted by molar-refractivity contribution is 7.85. The van der Waals surface area contributed by atoms with Gasteiger partial charge in [0, 0.05) is 15.9 Å². The van der Waals surface area contributed by atoms with E-state index < -0.39 is 7.14 Å². The zero-order chi connectivity index (χ0) is 16.4. The van der Waals surface area contributed by atoms with Crippen LogP contribution in [0.3, 0.4) is 0 Å². The van der Waals surface area contributed by atoms with Crippen LogP contribution in [0.25, 0.3) is 10.8 Å². The normalized spacial score (nSPS) is 11.5. The highest BCUT2D eigenvalue weighted by Crippen LogP contribution is 2.44. The van der Waals surface area contributed by atoms with Gasteiger partial charge in [0.1, 0.15) is 0 Å². The minimum Gasteiger partial charge on any atom is -0.309 e. The molecule has 4 rings (SSSR count). The third-order valence-corrected chi connectivity index (χ3v) is 7.46. The van der Waals surface area contributed by atoms with Crippen LogP contribution >= 0.6 is 7.14 Å². The lowest BCUT2D eigenvalue weighted by molar-refractivity contribution is 0.592. The summed E-state index contributed by atoms with van der Waals surface area (Å²) in [7, 11) is -2.92. The lowest BCUT2D eigenvalue weighted by atomic mass is 10.1. The topological polar surface area (TPSA) is 17.1 Å². The van der Waals surface area contributed by atoms with Crippen molar-refractivity contribution in [3.05, 3.63) is 103 Å². The van der Waals surface area contributed by atoms with E-state index in [0.717, 1.165) is 26.7 Å². The Morgan fingerprint density at radius 1 is 0.500 bits per heavy atom. The van der Waals surface area contributed by atoms with Gasteiger partial charge in [0.2, 0.25) is 0 Å². The molecule has 0 aromatic heterocycles. The lowest BCUT2D eigenvalue weighted by Gasteiger charge is -2.21. The second kappa shape index (κ2) is 6.11. The van der Waals surface area contributed by atoms with Crippen molar-refractivity contribution in [1.82, 2.24) is 0 Å². The molecule has 4 aromatic rings. The van der Waals surface area contributed by atoms with Crippen LogP contribution in [-0.4, -0.2) is 0 Å². The number of rotatable bonds is 3. The zero-order valence-electron chi connectivity index (χ0n) is 13.2. The van der Waals surface area contributed by atoms with E-state index in [1.54, 1.807) is 0 Å². The Hall–Kier alpha value is -2.63. The molecule has 1 nitrogen and oxygen atoms in total. The molecule has 0 aliphatic rings. The first-order chi connectivity index (χ1) is 11.8. The maximum Gasteiger partial charge on any atom is 0.171 e. The van der Waals surface area contributed by atoms with Crippen molar-refractivity contribution < 1.29 is 4.57 Å². The van der Waals surface area contributed by atoms with E-state index in [2.05, 4.69) is 18.2 Å². The Bertz CT molecular complexity index is 974. The Kier molecular flexibility index (Phi) is 3.80. The molecule has 0 unspecified atom stereocenters. The molecule has 0 atom stereocenters. The maximum atomic E-state index is 14.4. The molecule has 0 aliphatic carbocycles. The molecule has 2 heteroatoms. The second-order valence-corrected chi connectivity index (χ2v) is 8.51. The number of benzene rings is 4. The largest absolute Gasteiger partial charge is 0.309 e. The van der Waals surface area contributed by atoms with E-state index in [4.69, 9.17) is 0 Å². The van der Waals surface area contributed by atoms with Crippen molar-refractivity contribution in [3.63, 3.8) is 0 Å². The van der Waals surface area contributed by atoms with Crippen molar-refractivity contribution in [2.45, 2.75) is 0 Å². The average molecular weight is 328 g/mol. The van der Waals surface area contributed by atoms with Crippen LogP contribution in [0.1, 0.15) is 0 Å². The standard InChI is InChI=1S/C22H17OP/c23-24(19-12-3-1-4-13-19,20-14-5-2-6-15-20)22-17-9-11-18-10-7-8-16-21(18)22/h1-17H. The average Bonchev–Trinajstić information content (AvgIpc) is 2.68. The Morgan fingerprint density at radius 3 is 1.62 bits per heavy atom. The van der Waals surface area contributed by atoms with Crippen LogP contribution in [-0.2, 0) is 4.57 Å². The molecule has 24 heavy (non-hydrogen) atoms. The summed E-state index contributed by atoms with van der Waals surface area (Å²) < 4.78 is 14.4. The van der Waals surface area contributed by atoms with Crippen LogP contribution in [0.2, 0.25) is 0 Å². The van der Waals surface area contributed by atoms with Gasteiger partial charge in [0.15, 0.2) is 7.14 Å². The van der Waals surface area contributed by atoms with Crippen LogP contribution in [0, 0.1) is 0 Å². The Balaban J connectivity index is 2.09. The first-order valence-electron chi connectivity index (χ1n) is 8.00. The number of hydrogen-bond acceptors (Lipinski definition) is 1. The summed E-state index contributed by atoms with van der Waals surface area (Å²) in [5.41, 5.74) is 0. The van der Waals surface area contributed by atoms with E-state index in [1.807, 2.05) is 84.9 Å². The van der Waals surface area contributed by atoms with Gasteiger partial charge in [-0.25, -0.2) is 0 Å². The highest BCUT2D eigenvalue weighted by atomic mass is 31.2. The van der Waals surface area contributed by atoms with Crippen molar-refractivity contribution in [2.75, 3.05) is 0 Å². The third-order valence-electron chi connectivity index (χ3n) is 4.35. The van der Waals surface area contributed by atoms with Crippen LogP contribution in [0.15, 0.2) is 103 Å². The molecule has 0 bridgehead atoms. The highest BCUT2D eigenvalue weighted by Gasteiger charge is 2.30. The SMILES string of the molecule is O=P(c1ccccc1)(c1ccccc1)c1cccc2ccccc12. The molecular formula is C22H17OP. The van der Waals surface area contributed by atoms with Crippen molar-refractivity contribution in [3.8, 4) is 0 Å². The first-order valence-corrected chi connectivity index (χ1v) is 9.70. The quantitative estimate of drug-likeness (QED) is 0.507. The van der Waals surface area contributed by atoms with E-state index in [0.29, 0.717) is 0 Å². The van der Waals surface area contributed by atoms with Gasteiger partial charge in [-0.15, -0.1) is 0 Å². The molecule has 0 radical (unpaired) electrons. The van der Waals surface area contributed by atoms with E-state index in [1.165, 1.54) is 0 Å². The second-order valence-electron chi connectivity index (χ2n) is 5.78. The molecule has 0 N–H and O–H groups in total. The fourth-order valence-electron chi connectivity index (χ4n) is 3.19. The molecule has 0 spiro atoms. The molecule has 0 heterocycles. The summed E-state index contributed by atoms with van der Waals surface area (Å²) in [6.07, 6.45) is 0. The molecule has 116 valence electrons. The first kappa shape index (κ1) is 14.9. The summed E-state index contributed by atoms with van der Waals surface area (Å²) in [5, 5.41) is 4.80. The van der Waals surface area contributed by atoms with Gasteiger partial charge in [-0.05, 0) is 10.8 Å². The number of fused-ring (bicyclic) bond motifs is 1. The van der Waals surface area contributed by atoms with Crippen LogP contribution < -0.4 is 15.9 Å². The zero-order valence-corrected chi connectivity index (χ0v) is 14.1. The number of hydrogen-bond donors (Lipinski definition) is 0. The van der Waals surface area contributed by atoms with E-state index >= 15 is 0 Å². The predicted molar refractivity (Wildman–Crippen MR) is 103 cm³/mol. The fraction of sp³-hybridized carbons (Fsp3) is 0. The molecule has 0 saturated carbocycles. The molecule has 4 aromatic carbocycles.